The van der Waals surface area contributed by atoms with Crippen molar-refractivity contribution in [2.24, 2.45) is 0 Å². The van der Waals surface area contributed by atoms with E-state index in [1.165, 1.54) is 0 Å². The first kappa shape index (κ1) is 10.1. The minimum Gasteiger partial charge on any atom is -0.386 e. The number of rotatable bonds is 2. The van der Waals surface area contributed by atoms with E-state index in [0.717, 1.165) is 22.0 Å². The number of hydrogen-bond donors (Lipinski definition) is 1. The smallest absolute Gasteiger partial charge is 0.0728 e. The molecule has 0 radical (unpaired) electrons. The summed E-state index contributed by atoms with van der Waals surface area (Å²) in [6, 6.07) is 5.79. The minimum atomic E-state index is 0.758. The summed E-state index contributed by atoms with van der Waals surface area (Å²) in [5, 5.41) is 8.05. The van der Waals surface area contributed by atoms with Crippen LogP contribution in [0.3, 0.4) is 0 Å². The van der Waals surface area contributed by atoms with Gasteiger partial charge in [-0.3, -0.25) is 0 Å². The lowest BCUT2D eigenvalue weighted by molar-refractivity contribution is 0.873. The van der Waals surface area contributed by atoms with E-state index in [0.29, 0.717) is 0 Å². The first-order valence-corrected chi connectivity index (χ1v) is 5.08. The van der Waals surface area contributed by atoms with E-state index in [9.17, 15) is 0 Å². The SMILES string of the molecule is CNc1cnn(-c2cccc(Cl)c2C)c1. The fourth-order valence-corrected chi connectivity index (χ4v) is 1.60. The van der Waals surface area contributed by atoms with Gasteiger partial charge in [0.25, 0.3) is 0 Å². The van der Waals surface area contributed by atoms with Crippen molar-refractivity contribution in [1.82, 2.24) is 9.78 Å². The van der Waals surface area contributed by atoms with Crippen molar-refractivity contribution in [2.75, 3.05) is 12.4 Å². The maximum Gasteiger partial charge on any atom is 0.0728 e. The maximum atomic E-state index is 6.05. The Morgan fingerprint density at radius 2 is 2.20 bits per heavy atom. The van der Waals surface area contributed by atoms with Gasteiger partial charge in [-0.15, -0.1) is 0 Å². The number of anilines is 1. The third-order valence-corrected chi connectivity index (χ3v) is 2.77. The van der Waals surface area contributed by atoms with Crippen LogP contribution < -0.4 is 5.32 Å². The van der Waals surface area contributed by atoms with Crippen LogP contribution >= 0.6 is 11.6 Å². The Bertz CT molecular complexity index is 476. The lowest BCUT2D eigenvalue weighted by atomic mass is 10.2. The molecule has 3 nitrogen and oxygen atoms in total. The van der Waals surface area contributed by atoms with Crippen molar-refractivity contribution in [3.63, 3.8) is 0 Å². The monoisotopic (exact) mass is 221 g/mol. The van der Waals surface area contributed by atoms with Gasteiger partial charge >= 0.3 is 0 Å². The van der Waals surface area contributed by atoms with Gasteiger partial charge in [0.15, 0.2) is 0 Å². The third-order valence-electron chi connectivity index (χ3n) is 2.36. The Morgan fingerprint density at radius 1 is 1.40 bits per heavy atom. The summed E-state index contributed by atoms with van der Waals surface area (Å²) in [6.07, 6.45) is 3.71. The van der Waals surface area contributed by atoms with Crippen molar-refractivity contribution in [3.8, 4) is 5.69 Å². The van der Waals surface area contributed by atoms with Crippen LogP contribution in [0.4, 0.5) is 5.69 Å². The molecule has 0 aliphatic heterocycles. The second-order valence-corrected chi connectivity index (χ2v) is 3.71. The predicted octanol–water partition coefficient (Wildman–Crippen LogP) is 2.88. The summed E-state index contributed by atoms with van der Waals surface area (Å²) in [5.41, 5.74) is 3.02. The topological polar surface area (TPSA) is 29.9 Å². The second kappa shape index (κ2) is 3.95. The predicted molar refractivity (Wildman–Crippen MR) is 62.9 cm³/mol. The van der Waals surface area contributed by atoms with Gasteiger partial charge in [-0.05, 0) is 24.6 Å². The van der Waals surface area contributed by atoms with Crippen molar-refractivity contribution >= 4 is 17.3 Å². The van der Waals surface area contributed by atoms with E-state index in [2.05, 4.69) is 10.4 Å². The largest absolute Gasteiger partial charge is 0.386 e. The van der Waals surface area contributed by atoms with Crippen LogP contribution in [-0.4, -0.2) is 16.8 Å². The molecule has 2 rings (SSSR count). The summed E-state index contributed by atoms with van der Waals surface area (Å²) < 4.78 is 1.81. The molecule has 0 spiro atoms. The molecule has 0 saturated carbocycles. The van der Waals surface area contributed by atoms with Crippen LogP contribution in [0.5, 0.6) is 0 Å². The highest BCUT2D eigenvalue weighted by atomic mass is 35.5. The average molecular weight is 222 g/mol. The fourth-order valence-electron chi connectivity index (χ4n) is 1.43. The number of nitrogens with zero attached hydrogens (tertiary/aromatic N) is 2. The van der Waals surface area contributed by atoms with Crippen molar-refractivity contribution in [1.29, 1.82) is 0 Å². The van der Waals surface area contributed by atoms with Crippen molar-refractivity contribution in [3.05, 3.63) is 41.2 Å². The Labute approximate surface area is 93.7 Å². The van der Waals surface area contributed by atoms with Gasteiger partial charge in [-0.2, -0.15) is 5.10 Å². The molecule has 15 heavy (non-hydrogen) atoms. The highest BCUT2D eigenvalue weighted by Crippen LogP contribution is 2.22. The second-order valence-electron chi connectivity index (χ2n) is 3.31. The average Bonchev–Trinajstić information content (AvgIpc) is 2.70. The molecule has 0 aliphatic carbocycles. The Balaban J connectivity index is 2.49. The van der Waals surface area contributed by atoms with Gasteiger partial charge in [0.05, 0.1) is 23.8 Å². The minimum absolute atomic E-state index is 0.758. The van der Waals surface area contributed by atoms with E-state index < -0.39 is 0 Å². The number of benzene rings is 1. The first-order valence-electron chi connectivity index (χ1n) is 4.70. The lowest BCUT2D eigenvalue weighted by Crippen LogP contribution is -1.97. The molecule has 2 aromatic rings. The summed E-state index contributed by atoms with van der Waals surface area (Å²) in [6.45, 7) is 1.98. The summed E-state index contributed by atoms with van der Waals surface area (Å²) in [5.74, 6) is 0. The maximum absolute atomic E-state index is 6.05. The number of aromatic nitrogens is 2. The van der Waals surface area contributed by atoms with Crippen LogP contribution in [0.15, 0.2) is 30.6 Å². The molecule has 0 atom stereocenters. The van der Waals surface area contributed by atoms with Crippen LogP contribution in [0.25, 0.3) is 5.69 Å². The molecule has 1 heterocycles. The molecule has 0 saturated heterocycles. The van der Waals surface area contributed by atoms with E-state index in [1.54, 1.807) is 6.20 Å². The van der Waals surface area contributed by atoms with E-state index >= 15 is 0 Å². The van der Waals surface area contributed by atoms with Crippen LogP contribution in [0.1, 0.15) is 5.56 Å². The third kappa shape index (κ3) is 1.83. The normalized spacial score (nSPS) is 10.3. The number of hydrogen-bond acceptors (Lipinski definition) is 2. The zero-order valence-corrected chi connectivity index (χ0v) is 9.42. The van der Waals surface area contributed by atoms with Crippen molar-refractivity contribution in [2.45, 2.75) is 6.92 Å². The molecule has 78 valence electrons. The molecule has 1 N–H and O–H groups in total. The Hall–Kier alpha value is -1.48. The van der Waals surface area contributed by atoms with Crippen LogP contribution in [0.2, 0.25) is 5.02 Å². The summed E-state index contributed by atoms with van der Waals surface area (Å²) in [7, 11) is 1.87. The number of nitrogens with one attached hydrogen (secondary N) is 1. The van der Waals surface area contributed by atoms with Crippen molar-refractivity contribution < 1.29 is 0 Å². The molecule has 0 aliphatic rings. The zero-order valence-electron chi connectivity index (χ0n) is 8.66. The first-order chi connectivity index (χ1) is 7.22. The molecule has 0 unspecified atom stereocenters. The zero-order chi connectivity index (χ0) is 10.8. The molecular formula is C11H12ClN3. The van der Waals surface area contributed by atoms with E-state index in [-0.39, 0.29) is 0 Å². The summed E-state index contributed by atoms with van der Waals surface area (Å²) >= 11 is 6.05. The molecule has 1 aromatic heterocycles. The van der Waals surface area contributed by atoms with Gasteiger partial charge in [0.1, 0.15) is 0 Å². The molecular weight excluding hydrogens is 210 g/mol. The Morgan fingerprint density at radius 3 is 2.87 bits per heavy atom. The molecule has 0 fully saturated rings. The van der Waals surface area contributed by atoms with E-state index in [4.69, 9.17) is 11.6 Å². The molecule has 1 aromatic carbocycles. The number of halogens is 1. The highest BCUT2D eigenvalue weighted by Gasteiger charge is 2.05. The van der Waals surface area contributed by atoms with Gasteiger partial charge in [0, 0.05) is 12.1 Å². The van der Waals surface area contributed by atoms with Crippen LogP contribution in [0, 0.1) is 6.92 Å². The molecule has 0 amide bonds. The standard InChI is InChI=1S/C11H12ClN3/c1-8-10(12)4-3-5-11(8)15-7-9(13-2)6-14-15/h3-7,13H,1-2H3. The molecule has 4 heteroatoms. The van der Waals surface area contributed by atoms with Gasteiger partial charge in [-0.1, -0.05) is 17.7 Å². The summed E-state index contributed by atoms with van der Waals surface area (Å²) in [4.78, 5) is 0. The lowest BCUT2D eigenvalue weighted by Gasteiger charge is -2.06. The molecule has 0 bridgehead atoms. The van der Waals surface area contributed by atoms with Gasteiger partial charge < -0.3 is 5.32 Å². The van der Waals surface area contributed by atoms with Gasteiger partial charge in [0.2, 0.25) is 0 Å². The quantitative estimate of drug-likeness (QED) is 0.845. The highest BCUT2D eigenvalue weighted by molar-refractivity contribution is 6.31. The Kier molecular flexibility index (Phi) is 2.64. The van der Waals surface area contributed by atoms with Gasteiger partial charge in [-0.25, -0.2) is 4.68 Å². The van der Waals surface area contributed by atoms with E-state index in [1.807, 2.05) is 43.0 Å². The van der Waals surface area contributed by atoms with Crippen LogP contribution in [-0.2, 0) is 0 Å². The fraction of sp³-hybridized carbons (Fsp3) is 0.182.